The monoisotopic (exact) mass is 381 g/mol. The number of carbonyl (C=O) groups is 1. The summed E-state index contributed by atoms with van der Waals surface area (Å²) in [5.74, 6) is 0.407. The minimum absolute atomic E-state index is 0.0577. The van der Waals surface area contributed by atoms with Crippen LogP contribution in [0.1, 0.15) is 24.3 Å². The molecule has 3 aromatic rings. The van der Waals surface area contributed by atoms with Crippen LogP contribution >= 0.6 is 11.6 Å². The highest BCUT2D eigenvalue weighted by atomic mass is 35.5. The zero-order valence-corrected chi connectivity index (χ0v) is 15.8. The maximum absolute atomic E-state index is 12.5. The minimum atomic E-state index is -0.335. The first-order chi connectivity index (χ1) is 13.0. The van der Waals surface area contributed by atoms with Gasteiger partial charge in [0, 0.05) is 11.9 Å². The molecule has 1 aromatic heterocycles. The molecule has 0 radical (unpaired) electrons. The zero-order valence-electron chi connectivity index (χ0n) is 15.1. The van der Waals surface area contributed by atoms with Gasteiger partial charge in [0.15, 0.2) is 0 Å². The predicted molar refractivity (Wildman–Crippen MR) is 109 cm³/mol. The largest absolute Gasteiger partial charge is 0.489 e. The number of amides is 1. The normalized spacial score (nSPS) is 10.5. The molecule has 2 aromatic carbocycles. The van der Waals surface area contributed by atoms with Crippen LogP contribution in [-0.2, 0) is 0 Å². The molecule has 0 saturated heterocycles. The number of nitrogens with one attached hydrogen (secondary N) is 2. The van der Waals surface area contributed by atoms with E-state index >= 15 is 0 Å². The first kappa shape index (κ1) is 18.7. The summed E-state index contributed by atoms with van der Waals surface area (Å²) in [6, 6.07) is 18.2. The molecular formula is C21H20ClN3O2. The van der Waals surface area contributed by atoms with Gasteiger partial charge in [-0.1, -0.05) is 35.9 Å². The molecule has 0 aliphatic rings. The average Bonchev–Trinajstić information content (AvgIpc) is 2.65. The molecule has 3 rings (SSSR count). The van der Waals surface area contributed by atoms with Crippen molar-refractivity contribution in [3.05, 3.63) is 77.6 Å². The van der Waals surface area contributed by atoms with Crippen LogP contribution in [0.5, 0.6) is 5.75 Å². The Morgan fingerprint density at radius 2 is 1.74 bits per heavy atom. The summed E-state index contributed by atoms with van der Waals surface area (Å²) < 4.78 is 5.82. The second-order valence-electron chi connectivity index (χ2n) is 6.15. The van der Waals surface area contributed by atoms with Crippen LogP contribution in [0.25, 0.3) is 0 Å². The molecule has 0 saturated carbocycles. The lowest BCUT2D eigenvalue weighted by Crippen LogP contribution is -2.14. The Morgan fingerprint density at radius 3 is 2.48 bits per heavy atom. The van der Waals surface area contributed by atoms with Crippen LogP contribution < -0.4 is 15.4 Å². The van der Waals surface area contributed by atoms with Gasteiger partial charge in [-0.15, -0.1) is 0 Å². The zero-order chi connectivity index (χ0) is 19.2. The predicted octanol–water partition coefficient (Wildman–Crippen LogP) is 5.52. The molecule has 0 unspecified atom stereocenters. The van der Waals surface area contributed by atoms with E-state index in [1.54, 1.807) is 42.6 Å². The lowest BCUT2D eigenvalue weighted by molar-refractivity contribution is 0.102. The first-order valence-electron chi connectivity index (χ1n) is 8.57. The van der Waals surface area contributed by atoms with Gasteiger partial charge in [0.2, 0.25) is 0 Å². The minimum Gasteiger partial charge on any atom is -0.489 e. The third-order valence-corrected chi connectivity index (χ3v) is 3.97. The van der Waals surface area contributed by atoms with E-state index in [9.17, 15) is 4.79 Å². The highest BCUT2D eigenvalue weighted by Crippen LogP contribution is 2.28. The molecule has 0 aliphatic carbocycles. The van der Waals surface area contributed by atoms with Crippen molar-refractivity contribution in [2.75, 3.05) is 10.6 Å². The number of pyridine rings is 1. The lowest BCUT2D eigenvalue weighted by Gasteiger charge is -2.15. The first-order valence-corrected chi connectivity index (χ1v) is 8.95. The van der Waals surface area contributed by atoms with Gasteiger partial charge in [-0.25, -0.2) is 0 Å². The summed E-state index contributed by atoms with van der Waals surface area (Å²) >= 11 is 6.09. The molecule has 1 heterocycles. The number of hydrogen-bond acceptors (Lipinski definition) is 4. The van der Waals surface area contributed by atoms with Gasteiger partial charge < -0.3 is 15.4 Å². The Hall–Kier alpha value is -3.05. The number of hydrogen-bond donors (Lipinski definition) is 2. The third-order valence-electron chi connectivity index (χ3n) is 3.64. The Morgan fingerprint density at radius 1 is 1.04 bits per heavy atom. The van der Waals surface area contributed by atoms with Gasteiger partial charge in [-0.3, -0.25) is 9.78 Å². The van der Waals surface area contributed by atoms with Gasteiger partial charge in [-0.05, 0) is 50.2 Å². The number of rotatable bonds is 6. The summed E-state index contributed by atoms with van der Waals surface area (Å²) in [6.07, 6.45) is 1.64. The van der Waals surface area contributed by atoms with E-state index < -0.39 is 0 Å². The average molecular weight is 382 g/mol. The van der Waals surface area contributed by atoms with Crippen LogP contribution in [0, 0.1) is 0 Å². The van der Waals surface area contributed by atoms with Crippen molar-refractivity contribution in [3.8, 4) is 5.75 Å². The number of aromatic nitrogens is 1. The van der Waals surface area contributed by atoms with E-state index in [0.717, 1.165) is 17.1 Å². The number of carbonyl (C=O) groups excluding carboxylic acids is 1. The number of anilines is 3. The number of ether oxygens (including phenoxy) is 1. The molecule has 138 valence electrons. The van der Waals surface area contributed by atoms with Crippen LogP contribution in [-0.4, -0.2) is 17.0 Å². The molecule has 6 heteroatoms. The number of benzene rings is 2. The standard InChI is InChI=1S/C21H20ClN3O2/c1-14(2)27-20-10-6-5-9-18(20)24-15-11-12-23-19(13-15)21(26)25-17-8-4-3-7-16(17)22/h3-14H,1-2H3,(H,23,24)(H,25,26). The van der Waals surface area contributed by atoms with Crippen molar-refractivity contribution in [3.63, 3.8) is 0 Å². The van der Waals surface area contributed by atoms with Crippen molar-refractivity contribution in [1.29, 1.82) is 0 Å². The fourth-order valence-electron chi connectivity index (χ4n) is 2.46. The van der Waals surface area contributed by atoms with Crippen molar-refractivity contribution >= 4 is 34.6 Å². The van der Waals surface area contributed by atoms with Crippen LogP contribution in [0.2, 0.25) is 5.02 Å². The van der Waals surface area contributed by atoms with E-state index in [1.807, 2.05) is 38.1 Å². The number of halogens is 1. The second-order valence-corrected chi connectivity index (χ2v) is 6.56. The maximum atomic E-state index is 12.5. The molecule has 27 heavy (non-hydrogen) atoms. The fraction of sp³-hybridized carbons (Fsp3) is 0.143. The Kier molecular flexibility index (Phi) is 5.94. The lowest BCUT2D eigenvalue weighted by atomic mass is 10.2. The summed E-state index contributed by atoms with van der Waals surface area (Å²) in [5.41, 5.74) is 2.37. The molecular weight excluding hydrogens is 362 g/mol. The van der Waals surface area contributed by atoms with E-state index in [-0.39, 0.29) is 17.7 Å². The third kappa shape index (κ3) is 4.99. The van der Waals surface area contributed by atoms with Crippen molar-refractivity contribution in [2.24, 2.45) is 0 Å². The molecule has 0 spiro atoms. The summed E-state index contributed by atoms with van der Waals surface area (Å²) in [7, 11) is 0. The molecule has 0 fully saturated rings. The number of nitrogens with zero attached hydrogens (tertiary/aromatic N) is 1. The van der Waals surface area contributed by atoms with Crippen molar-refractivity contribution < 1.29 is 9.53 Å². The molecule has 1 amide bonds. The molecule has 0 aliphatic heterocycles. The highest BCUT2D eigenvalue weighted by molar-refractivity contribution is 6.33. The van der Waals surface area contributed by atoms with Crippen LogP contribution in [0.3, 0.4) is 0 Å². The van der Waals surface area contributed by atoms with Crippen LogP contribution in [0.4, 0.5) is 17.1 Å². The van der Waals surface area contributed by atoms with Gasteiger partial charge in [0.25, 0.3) is 5.91 Å². The quantitative estimate of drug-likeness (QED) is 0.590. The van der Waals surface area contributed by atoms with Gasteiger partial charge >= 0.3 is 0 Å². The molecule has 0 bridgehead atoms. The highest BCUT2D eigenvalue weighted by Gasteiger charge is 2.11. The Labute approximate surface area is 163 Å². The molecule has 0 atom stereocenters. The summed E-state index contributed by atoms with van der Waals surface area (Å²) in [4.78, 5) is 16.6. The number of para-hydroxylation sites is 3. The second kappa shape index (κ2) is 8.56. The molecule has 2 N–H and O–H groups in total. The summed E-state index contributed by atoms with van der Waals surface area (Å²) in [5, 5.41) is 6.52. The van der Waals surface area contributed by atoms with Crippen LogP contribution in [0.15, 0.2) is 66.9 Å². The smallest absolute Gasteiger partial charge is 0.274 e. The fourth-order valence-corrected chi connectivity index (χ4v) is 2.65. The Balaban J connectivity index is 1.78. The van der Waals surface area contributed by atoms with Crippen molar-refractivity contribution in [1.82, 2.24) is 4.98 Å². The van der Waals surface area contributed by atoms with E-state index in [1.165, 1.54) is 0 Å². The van der Waals surface area contributed by atoms with Gasteiger partial charge in [0.1, 0.15) is 11.4 Å². The van der Waals surface area contributed by atoms with E-state index in [0.29, 0.717) is 10.7 Å². The van der Waals surface area contributed by atoms with Crippen molar-refractivity contribution in [2.45, 2.75) is 20.0 Å². The SMILES string of the molecule is CC(C)Oc1ccccc1Nc1ccnc(C(=O)Nc2ccccc2Cl)c1. The van der Waals surface area contributed by atoms with E-state index in [2.05, 4.69) is 15.6 Å². The maximum Gasteiger partial charge on any atom is 0.274 e. The topological polar surface area (TPSA) is 63.2 Å². The molecule has 5 nitrogen and oxygen atoms in total. The Bertz CT molecular complexity index is 944. The van der Waals surface area contributed by atoms with E-state index in [4.69, 9.17) is 16.3 Å². The van der Waals surface area contributed by atoms with Gasteiger partial charge in [-0.2, -0.15) is 0 Å². The summed E-state index contributed by atoms with van der Waals surface area (Å²) in [6.45, 7) is 3.95. The van der Waals surface area contributed by atoms with Gasteiger partial charge in [0.05, 0.1) is 22.5 Å².